The number of rotatable bonds is 5. The minimum Gasteiger partial charge on any atom is -0.497 e. The lowest BCUT2D eigenvalue weighted by Crippen LogP contribution is -2.22. The van der Waals surface area contributed by atoms with Crippen molar-refractivity contribution < 1.29 is 27.8 Å². The van der Waals surface area contributed by atoms with E-state index in [1.165, 1.54) is 45.5 Å². The fourth-order valence-electron chi connectivity index (χ4n) is 2.05. The summed E-state index contributed by atoms with van der Waals surface area (Å²) in [6.45, 7) is 0. The number of hydrazone groups is 1. The summed E-state index contributed by atoms with van der Waals surface area (Å²) in [5, 5.41) is 4.68. The Labute approximate surface area is 148 Å². The van der Waals surface area contributed by atoms with Gasteiger partial charge in [0.15, 0.2) is 0 Å². The molecule has 0 atom stereocenters. The molecule has 2 aromatic carbocycles. The Morgan fingerprint density at radius 1 is 1.08 bits per heavy atom. The Hall–Kier alpha value is -3.29. The normalized spacial score (nSPS) is 10.7. The van der Waals surface area contributed by atoms with Crippen molar-refractivity contribution in [3.05, 3.63) is 64.7 Å². The van der Waals surface area contributed by atoms with Crippen molar-refractivity contribution >= 4 is 18.1 Å². The number of halogens is 2. The lowest BCUT2D eigenvalue weighted by molar-refractivity contribution is 0.0600. The van der Waals surface area contributed by atoms with Gasteiger partial charge in [-0.15, -0.1) is 0 Å². The van der Waals surface area contributed by atoms with E-state index in [0.29, 0.717) is 5.75 Å². The van der Waals surface area contributed by atoms with Gasteiger partial charge in [0.05, 0.1) is 31.6 Å². The van der Waals surface area contributed by atoms with Crippen LogP contribution in [0.1, 0.15) is 26.3 Å². The van der Waals surface area contributed by atoms with Crippen molar-refractivity contribution in [2.24, 2.45) is 5.10 Å². The lowest BCUT2D eigenvalue weighted by atomic mass is 10.1. The van der Waals surface area contributed by atoms with E-state index in [1.54, 1.807) is 0 Å². The van der Waals surface area contributed by atoms with Gasteiger partial charge in [0.1, 0.15) is 17.4 Å². The predicted molar refractivity (Wildman–Crippen MR) is 90.4 cm³/mol. The van der Waals surface area contributed by atoms with Crippen LogP contribution in [-0.4, -0.2) is 44.4 Å². The first-order valence-corrected chi connectivity index (χ1v) is 7.40. The molecule has 26 heavy (non-hydrogen) atoms. The number of esters is 1. The predicted octanol–water partition coefficient (Wildman–Crippen LogP) is 2.87. The first-order chi connectivity index (χ1) is 12.4. The van der Waals surface area contributed by atoms with Crippen LogP contribution in [0, 0.1) is 11.6 Å². The molecule has 0 aliphatic carbocycles. The Morgan fingerprint density at radius 2 is 1.81 bits per heavy atom. The van der Waals surface area contributed by atoms with Gasteiger partial charge >= 0.3 is 5.97 Å². The largest absolute Gasteiger partial charge is 0.497 e. The van der Waals surface area contributed by atoms with Crippen molar-refractivity contribution in [3.63, 3.8) is 0 Å². The Morgan fingerprint density at radius 3 is 2.42 bits per heavy atom. The quantitative estimate of drug-likeness (QED) is 0.466. The lowest BCUT2D eigenvalue weighted by Gasteiger charge is -2.12. The Bertz CT molecular complexity index is 868. The molecule has 0 bridgehead atoms. The van der Waals surface area contributed by atoms with Gasteiger partial charge in [-0.05, 0) is 36.4 Å². The average molecular weight is 362 g/mol. The number of nitrogens with zero attached hydrogens (tertiary/aromatic N) is 2. The number of carbonyl (C=O) groups is 2. The van der Waals surface area contributed by atoms with E-state index >= 15 is 0 Å². The second-order valence-corrected chi connectivity index (χ2v) is 5.15. The van der Waals surface area contributed by atoms with Gasteiger partial charge in [0.2, 0.25) is 0 Å². The molecule has 0 saturated heterocycles. The van der Waals surface area contributed by atoms with E-state index in [2.05, 4.69) is 9.84 Å². The van der Waals surface area contributed by atoms with Crippen LogP contribution in [0.3, 0.4) is 0 Å². The number of methoxy groups -OCH3 is 2. The molecule has 136 valence electrons. The Kier molecular flexibility index (Phi) is 6.00. The van der Waals surface area contributed by atoms with Crippen LogP contribution < -0.4 is 4.74 Å². The monoisotopic (exact) mass is 362 g/mol. The fourth-order valence-corrected chi connectivity index (χ4v) is 2.05. The summed E-state index contributed by atoms with van der Waals surface area (Å²) < 4.78 is 37.3. The highest BCUT2D eigenvalue weighted by Gasteiger charge is 2.17. The van der Waals surface area contributed by atoms with Crippen LogP contribution in [0.5, 0.6) is 5.75 Å². The zero-order valence-corrected chi connectivity index (χ0v) is 14.3. The van der Waals surface area contributed by atoms with Crippen molar-refractivity contribution in [1.82, 2.24) is 5.01 Å². The van der Waals surface area contributed by atoms with Crippen molar-refractivity contribution in [1.29, 1.82) is 0 Å². The molecule has 2 aromatic rings. The summed E-state index contributed by atoms with van der Waals surface area (Å²) in [5.74, 6) is -2.54. The molecule has 0 spiro atoms. The third-order valence-corrected chi connectivity index (χ3v) is 3.49. The summed E-state index contributed by atoms with van der Waals surface area (Å²) in [7, 11) is 3.89. The van der Waals surface area contributed by atoms with Gasteiger partial charge in [0.25, 0.3) is 5.91 Å². The zero-order valence-electron chi connectivity index (χ0n) is 14.3. The molecule has 0 heterocycles. The molecule has 6 nitrogen and oxygen atoms in total. The van der Waals surface area contributed by atoms with Gasteiger partial charge in [-0.1, -0.05) is 0 Å². The number of carbonyl (C=O) groups excluding carboxylic acids is 2. The van der Waals surface area contributed by atoms with Gasteiger partial charge in [-0.2, -0.15) is 5.10 Å². The molecule has 2 rings (SSSR count). The standard InChI is InChI=1S/C18H16F2N2O4/c1-22(17(23)14-9-13(25-2)6-7-15(14)19)21-10-12-5-4-11(8-16(12)20)18(24)26-3/h4-10H,1-3H3/b21-10+. The summed E-state index contributed by atoms with van der Waals surface area (Å²) in [5.41, 5.74) is -0.140. The molecule has 0 fully saturated rings. The second kappa shape index (κ2) is 8.19. The summed E-state index contributed by atoms with van der Waals surface area (Å²) in [4.78, 5) is 23.6. The van der Waals surface area contributed by atoms with Crippen LogP contribution in [0.2, 0.25) is 0 Å². The van der Waals surface area contributed by atoms with Crippen LogP contribution in [0.4, 0.5) is 8.78 Å². The number of benzene rings is 2. The first-order valence-electron chi connectivity index (χ1n) is 7.40. The molecular weight excluding hydrogens is 346 g/mol. The maximum atomic E-state index is 14.0. The molecule has 0 aliphatic rings. The van der Waals surface area contributed by atoms with E-state index in [9.17, 15) is 18.4 Å². The topological polar surface area (TPSA) is 68.2 Å². The molecule has 0 aromatic heterocycles. The van der Waals surface area contributed by atoms with E-state index < -0.39 is 23.5 Å². The highest BCUT2D eigenvalue weighted by Crippen LogP contribution is 2.18. The van der Waals surface area contributed by atoms with E-state index in [0.717, 1.165) is 23.4 Å². The average Bonchev–Trinajstić information content (AvgIpc) is 2.65. The maximum absolute atomic E-state index is 14.0. The fraction of sp³-hybridized carbons (Fsp3) is 0.167. The van der Waals surface area contributed by atoms with Crippen molar-refractivity contribution in [2.75, 3.05) is 21.3 Å². The van der Waals surface area contributed by atoms with Gasteiger partial charge in [0, 0.05) is 12.6 Å². The third kappa shape index (κ3) is 4.21. The van der Waals surface area contributed by atoms with Crippen LogP contribution in [-0.2, 0) is 4.74 Å². The number of hydrogen-bond donors (Lipinski definition) is 0. The molecule has 0 N–H and O–H groups in total. The smallest absolute Gasteiger partial charge is 0.337 e. The molecule has 8 heteroatoms. The maximum Gasteiger partial charge on any atom is 0.337 e. The summed E-state index contributed by atoms with van der Waals surface area (Å²) in [6.07, 6.45) is 1.09. The number of ether oxygens (including phenoxy) is 2. The van der Waals surface area contributed by atoms with Crippen molar-refractivity contribution in [2.45, 2.75) is 0 Å². The SMILES string of the molecule is COC(=O)c1ccc(/C=N/N(C)C(=O)c2cc(OC)ccc2F)c(F)c1. The van der Waals surface area contributed by atoms with E-state index in [-0.39, 0.29) is 16.7 Å². The van der Waals surface area contributed by atoms with Crippen molar-refractivity contribution in [3.8, 4) is 5.75 Å². The zero-order chi connectivity index (χ0) is 19.3. The number of hydrogen-bond acceptors (Lipinski definition) is 5. The summed E-state index contributed by atoms with van der Waals surface area (Å²) >= 11 is 0. The highest BCUT2D eigenvalue weighted by atomic mass is 19.1. The second-order valence-electron chi connectivity index (χ2n) is 5.15. The molecular formula is C18H16F2N2O4. The molecule has 0 aliphatic heterocycles. The van der Waals surface area contributed by atoms with Gasteiger partial charge < -0.3 is 9.47 Å². The molecule has 0 saturated carbocycles. The van der Waals surface area contributed by atoms with Crippen LogP contribution in [0.15, 0.2) is 41.5 Å². The van der Waals surface area contributed by atoms with Gasteiger partial charge in [-0.3, -0.25) is 4.79 Å². The highest BCUT2D eigenvalue weighted by molar-refractivity contribution is 5.95. The van der Waals surface area contributed by atoms with Crippen LogP contribution >= 0.6 is 0 Å². The molecule has 0 unspecified atom stereocenters. The first kappa shape index (κ1) is 19.0. The van der Waals surface area contributed by atoms with Crippen LogP contribution in [0.25, 0.3) is 0 Å². The summed E-state index contributed by atoms with van der Waals surface area (Å²) in [6, 6.07) is 7.41. The number of amides is 1. The molecule has 0 radical (unpaired) electrons. The van der Waals surface area contributed by atoms with E-state index in [1.807, 2.05) is 0 Å². The third-order valence-electron chi connectivity index (χ3n) is 3.49. The Balaban J connectivity index is 2.20. The molecule has 1 amide bonds. The minimum atomic E-state index is -0.732. The van der Waals surface area contributed by atoms with E-state index in [4.69, 9.17) is 4.74 Å². The van der Waals surface area contributed by atoms with Gasteiger partial charge in [-0.25, -0.2) is 18.6 Å². The minimum absolute atomic E-state index is 0.0448.